The van der Waals surface area contributed by atoms with Gasteiger partial charge < -0.3 is 5.32 Å². The van der Waals surface area contributed by atoms with Gasteiger partial charge in [0.15, 0.2) is 0 Å². The minimum atomic E-state index is -0.423. The average molecular weight is 347 g/mol. The van der Waals surface area contributed by atoms with Crippen molar-refractivity contribution < 1.29 is 4.39 Å². The maximum Gasteiger partial charge on any atom is 0.148 e. The Labute approximate surface area is 124 Å². The molecule has 6 heteroatoms. The first-order chi connectivity index (χ1) is 9.04. The number of hydrogen-bond acceptors (Lipinski definition) is 2. The summed E-state index contributed by atoms with van der Waals surface area (Å²) in [6, 6.07) is 5.01. The zero-order valence-corrected chi connectivity index (χ0v) is 13.0. The monoisotopic (exact) mass is 345 g/mol. The molecule has 0 spiro atoms. The topological polar surface area (TPSA) is 29.9 Å². The summed E-state index contributed by atoms with van der Waals surface area (Å²) in [5, 5.41) is 7.65. The molecule has 1 atom stereocenters. The van der Waals surface area contributed by atoms with Crippen molar-refractivity contribution in [2.75, 3.05) is 6.54 Å². The molecule has 0 radical (unpaired) electrons. The summed E-state index contributed by atoms with van der Waals surface area (Å²) in [6.45, 7) is 2.67. The Bertz CT molecular complexity index is 585. The van der Waals surface area contributed by atoms with Crippen LogP contribution in [0.3, 0.4) is 0 Å². The second-order valence-electron chi connectivity index (χ2n) is 4.17. The van der Waals surface area contributed by atoms with Crippen LogP contribution >= 0.6 is 27.5 Å². The lowest BCUT2D eigenvalue weighted by atomic mass is 10.0. The zero-order valence-electron chi connectivity index (χ0n) is 10.6. The van der Waals surface area contributed by atoms with Gasteiger partial charge in [0, 0.05) is 23.3 Å². The molecular formula is C13H14BrClFN3. The minimum Gasteiger partial charge on any atom is -0.305 e. The maximum absolute atomic E-state index is 14.3. The smallest absolute Gasteiger partial charge is 0.148 e. The van der Waals surface area contributed by atoms with E-state index in [1.54, 1.807) is 16.8 Å². The normalized spacial score (nSPS) is 12.7. The van der Waals surface area contributed by atoms with Crippen molar-refractivity contribution >= 4 is 27.5 Å². The molecule has 102 valence electrons. The fourth-order valence-corrected chi connectivity index (χ4v) is 2.41. The standard InChI is InChI=1S/C13H14BrClFN3/c1-3-17-13(10-6-7-19(2)18-10)8-4-5-9(14)11(15)12(8)16/h4-7,13,17H,3H2,1-2H3. The molecule has 1 unspecified atom stereocenters. The fraction of sp³-hybridized carbons (Fsp3) is 0.308. The molecule has 1 heterocycles. The Morgan fingerprint density at radius 2 is 2.21 bits per heavy atom. The lowest BCUT2D eigenvalue weighted by molar-refractivity contribution is 0.546. The molecule has 0 bridgehead atoms. The van der Waals surface area contributed by atoms with Crippen LogP contribution in [0.1, 0.15) is 24.2 Å². The van der Waals surface area contributed by atoms with Crippen molar-refractivity contribution in [3.63, 3.8) is 0 Å². The van der Waals surface area contributed by atoms with Crippen LogP contribution in [0.15, 0.2) is 28.9 Å². The summed E-state index contributed by atoms with van der Waals surface area (Å²) in [4.78, 5) is 0. The highest BCUT2D eigenvalue weighted by atomic mass is 79.9. The molecule has 1 N–H and O–H groups in total. The van der Waals surface area contributed by atoms with Crippen LogP contribution in [0.25, 0.3) is 0 Å². The van der Waals surface area contributed by atoms with E-state index in [1.807, 2.05) is 26.2 Å². The number of aromatic nitrogens is 2. The first kappa shape index (κ1) is 14.5. The zero-order chi connectivity index (χ0) is 14.0. The van der Waals surface area contributed by atoms with Crippen molar-refractivity contribution in [2.24, 2.45) is 7.05 Å². The van der Waals surface area contributed by atoms with Gasteiger partial charge in [-0.3, -0.25) is 4.68 Å². The molecule has 0 saturated carbocycles. The minimum absolute atomic E-state index is 0.0938. The third-order valence-corrected chi connectivity index (χ3v) is 4.07. The average Bonchev–Trinajstić information content (AvgIpc) is 2.81. The van der Waals surface area contributed by atoms with Crippen molar-refractivity contribution in [1.82, 2.24) is 15.1 Å². The number of benzene rings is 1. The predicted octanol–water partition coefficient (Wildman–Crippen LogP) is 3.67. The fourth-order valence-electron chi connectivity index (χ4n) is 1.93. The number of aryl methyl sites for hydroxylation is 1. The molecule has 2 aromatic rings. The van der Waals surface area contributed by atoms with Crippen molar-refractivity contribution in [3.8, 4) is 0 Å². The van der Waals surface area contributed by atoms with Gasteiger partial charge in [0.2, 0.25) is 0 Å². The van der Waals surface area contributed by atoms with Gasteiger partial charge in [0.25, 0.3) is 0 Å². The second kappa shape index (κ2) is 6.03. The van der Waals surface area contributed by atoms with E-state index in [0.29, 0.717) is 16.6 Å². The quantitative estimate of drug-likeness (QED) is 0.856. The van der Waals surface area contributed by atoms with Crippen molar-refractivity contribution in [2.45, 2.75) is 13.0 Å². The summed E-state index contributed by atoms with van der Waals surface area (Å²) in [7, 11) is 1.83. The molecule has 0 fully saturated rings. The molecule has 0 aliphatic heterocycles. The van der Waals surface area contributed by atoms with Crippen LogP contribution in [-0.4, -0.2) is 16.3 Å². The molecule has 1 aromatic heterocycles. The van der Waals surface area contributed by atoms with Crippen LogP contribution in [0.4, 0.5) is 4.39 Å². The highest BCUT2D eigenvalue weighted by molar-refractivity contribution is 9.10. The Hall–Kier alpha value is -0.910. The number of rotatable bonds is 4. The summed E-state index contributed by atoms with van der Waals surface area (Å²) in [5.74, 6) is -0.423. The van der Waals surface area contributed by atoms with Gasteiger partial charge in [0.1, 0.15) is 5.82 Å². The van der Waals surface area contributed by atoms with Gasteiger partial charge in [-0.1, -0.05) is 24.6 Å². The lowest BCUT2D eigenvalue weighted by Gasteiger charge is -2.18. The van der Waals surface area contributed by atoms with E-state index in [1.165, 1.54) is 0 Å². The maximum atomic E-state index is 14.3. The first-order valence-electron chi connectivity index (χ1n) is 5.91. The van der Waals surface area contributed by atoms with Gasteiger partial charge in [0.05, 0.1) is 16.8 Å². The van der Waals surface area contributed by atoms with Gasteiger partial charge in [-0.05, 0) is 34.6 Å². The van der Waals surface area contributed by atoms with Gasteiger partial charge in [-0.15, -0.1) is 0 Å². The number of nitrogens with zero attached hydrogens (tertiary/aromatic N) is 2. The Kier molecular flexibility index (Phi) is 4.60. The highest BCUT2D eigenvalue weighted by Gasteiger charge is 2.21. The molecule has 19 heavy (non-hydrogen) atoms. The number of hydrogen-bond donors (Lipinski definition) is 1. The Morgan fingerprint density at radius 1 is 1.47 bits per heavy atom. The largest absolute Gasteiger partial charge is 0.305 e. The van der Waals surface area contributed by atoms with Crippen molar-refractivity contribution in [3.05, 3.63) is 51.0 Å². The summed E-state index contributed by atoms with van der Waals surface area (Å²) in [5.41, 5.74) is 1.26. The first-order valence-corrected chi connectivity index (χ1v) is 7.08. The van der Waals surface area contributed by atoms with Gasteiger partial charge in [-0.25, -0.2) is 4.39 Å². The lowest BCUT2D eigenvalue weighted by Crippen LogP contribution is -2.23. The number of halogens is 3. The van der Waals surface area contributed by atoms with Gasteiger partial charge >= 0.3 is 0 Å². The van der Waals surface area contributed by atoms with Crippen LogP contribution in [0.2, 0.25) is 5.02 Å². The molecule has 0 saturated heterocycles. The second-order valence-corrected chi connectivity index (χ2v) is 5.40. The van der Waals surface area contributed by atoms with Crippen LogP contribution in [-0.2, 0) is 7.05 Å². The highest BCUT2D eigenvalue weighted by Crippen LogP contribution is 2.32. The van der Waals surface area contributed by atoms with E-state index in [4.69, 9.17) is 11.6 Å². The third kappa shape index (κ3) is 2.99. The molecule has 0 amide bonds. The molecule has 0 aliphatic carbocycles. The van der Waals surface area contributed by atoms with E-state index < -0.39 is 5.82 Å². The number of nitrogens with one attached hydrogen (secondary N) is 1. The molecule has 2 rings (SSSR count). The van der Waals surface area contributed by atoms with E-state index in [0.717, 1.165) is 5.69 Å². The van der Waals surface area contributed by atoms with Crippen LogP contribution in [0, 0.1) is 5.82 Å². The Balaban J connectivity index is 2.48. The van der Waals surface area contributed by atoms with E-state index in [-0.39, 0.29) is 11.1 Å². The molecular weight excluding hydrogens is 333 g/mol. The Morgan fingerprint density at radius 3 is 2.79 bits per heavy atom. The third-order valence-electron chi connectivity index (χ3n) is 2.81. The summed E-state index contributed by atoms with van der Waals surface area (Å²) in [6.07, 6.45) is 1.83. The molecule has 0 aliphatic rings. The predicted molar refractivity (Wildman–Crippen MR) is 77.8 cm³/mol. The van der Waals surface area contributed by atoms with Crippen molar-refractivity contribution in [1.29, 1.82) is 0 Å². The van der Waals surface area contributed by atoms with Gasteiger partial charge in [-0.2, -0.15) is 5.10 Å². The molecule has 1 aromatic carbocycles. The van der Waals surface area contributed by atoms with E-state index >= 15 is 0 Å². The molecule has 3 nitrogen and oxygen atoms in total. The van der Waals surface area contributed by atoms with Crippen LogP contribution < -0.4 is 5.32 Å². The van der Waals surface area contributed by atoms with E-state index in [2.05, 4.69) is 26.3 Å². The van der Waals surface area contributed by atoms with E-state index in [9.17, 15) is 4.39 Å². The SMILES string of the molecule is CCNC(c1ccn(C)n1)c1ccc(Br)c(Cl)c1F. The summed E-state index contributed by atoms with van der Waals surface area (Å²) < 4.78 is 16.5. The van der Waals surface area contributed by atoms with Crippen LogP contribution in [0.5, 0.6) is 0 Å². The summed E-state index contributed by atoms with van der Waals surface area (Å²) >= 11 is 9.16.